The summed E-state index contributed by atoms with van der Waals surface area (Å²) in [4.78, 5) is 4.63. The first kappa shape index (κ1) is 13.6. The molecular formula is C16H20N2O. The van der Waals surface area contributed by atoms with Crippen molar-refractivity contribution in [2.24, 2.45) is 16.8 Å². The fourth-order valence-corrected chi connectivity index (χ4v) is 2.55. The molecule has 0 unspecified atom stereocenters. The molecule has 0 radical (unpaired) electrons. The number of allylic oxidation sites excluding steroid dienone is 4. The Balaban J connectivity index is 2.27. The lowest BCUT2D eigenvalue weighted by molar-refractivity contribution is 0.275. The molecule has 0 aromatic heterocycles. The number of hydrogen-bond donors (Lipinski definition) is 0. The monoisotopic (exact) mass is 256 g/mol. The summed E-state index contributed by atoms with van der Waals surface area (Å²) in [6, 6.07) is 2.28. The van der Waals surface area contributed by atoms with E-state index in [1.807, 2.05) is 18.2 Å². The minimum atomic E-state index is -0.164. The van der Waals surface area contributed by atoms with Crippen molar-refractivity contribution in [3.05, 3.63) is 36.5 Å². The molecule has 0 aromatic carbocycles. The molecule has 100 valence electrons. The molecule has 1 aliphatic heterocycles. The van der Waals surface area contributed by atoms with Crippen LogP contribution in [0.3, 0.4) is 0 Å². The van der Waals surface area contributed by atoms with Crippen LogP contribution in [0.2, 0.25) is 0 Å². The van der Waals surface area contributed by atoms with Gasteiger partial charge in [-0.3, -0.25) is 0 Å². The van der Waals surface area contributed by atoms with Gasteiger partial charge in [0, 0.05) is 17.9 Å². The van der Waals surface area contributed by atoms with E-state index in [2.05, 4.69) is 37.6 Å². The van der Waals surface area contributed by atoms with Crippen LogP contribution in [0.4, 0.5) is 0 Å². The van der Waals surface area contributed by atoms with E-state index in [1.54, 1.807) is 0 Å². The van der Waals surface area contributed by atoms with Crippen molar-refractivity contribution in [3.8, 4) is 6.07 Å². The first-order valence-corrected chi connectivity index (χ1v) is 6.66. The second-order valence-electron chi connectivity index (χ2n) is 5.68. The first-order valence-electron chi connectivity index (χ1n) is 6.66. The lowest BCUT2D eigenvalue weighted by Crippen LogP contribution is -2.22. The standard InChI is InChI=1S/C16H20N2O/c1-4-6-12-7-5-8-14(13(12)9-10-17)15-18-16(2,3)11-19-15/h4-5,7-8,12-13H,1,6,9,11H2,2-3H3/t12-,13+/m1/s1. The molecule has 3 heteroatoms. The maximum atomic E-state index is 9.06. The number of nitriles is 1. The number of aliphatic imine (C=N–C) groups is 1. The van der Waals surface area contributed by atoms with Gasteiger partial charge in [-0.25, -0.2) is 4.99 Å². The van der Waals surface area contributed by atoms with Gasteiger partial charge >= 0.3 is 0 Å². The Bertz CT molecular complexity index is 491. The number of ether oxygens (including phenoxy) is 1. The Morgan fingerprint density at radius 2 is 2.42 bits per heavy atom. The van der Waals surface area contributed by atoms with E-state index in [9.17, 15) is 0 Å². The largest absolute Gasteiger partial charge is 0.475 e. The van der Waals surface area contributed by atoms with Crippen molar-refractivity contribution in [3.63, 3.8) is 0 Å². The van der Waals surface area contributed by atoms with Crippen LogP contribution in [0.25, 0.3) is 0 Å². The second-order valence-corrected chi connectivity index (χ2v) is 5.68. The predicted molar refractivity (Wildman–Crippen MR) is 76.7 cm³/mol. The summed E-state index contributed by atoms with van der Waals surface area (Å²) < 4.78 is 5.72. The van der Waals surface area contributed by atoms with Gasteiger partial charge in [0.15, 0.2) is 0 Å². The molecule has 0 spiro atoms. The summed E-state index contributed by atoms with van der Waals surface area (Å²) in [5.74, 6) is 1.18. The highest BCUT2D eigenvalue weighted by Gasteiger charge is 2.34. The number of rotatable bonds is 4. The van der Waals surface area contributed by atoms with Gasteiger partial charge in [-0.1, -0.05) is 24.3 Å². The maximum Gasteiger partial charge on any atom is 0.212 e. The van der Waals surface area contributed by atoms with Gasteiger partial charge in [0.2, 0.25) is 5.90 Å². The lowest BCUT2D eigenvalue weighted by atomic mass is 9.78. The Kier molecular flexibility index (Phi) is 3.90. The Morgan fingerprint density at radius 3 is 3.00 bits per heavy atom. The summed E-state index contributed by atoms with van der Waals surface area (Å²) in [5.41, 5.74) is 0.893. The third-order valence-corrected chi connectivity index (χ3v) is 3.51. The van der Waals surface area contributed by atoms with Gasteiger partial charge in [0.05, 0.1) is 11.6 Å². The summed E-state index contributed by atoms with van der Waals surface area (Å²) >= 11 is 0. The molecular weight excluding hydrogens is 236 g/mol. The molecule has 2 rings (SSSR count). The second kappa shape index (κ2) is 5.44. The van der Waals surface area contributed by atoms with E-state index in [0.717, 1.165) is 12.0 Å². The molecule has 0 aromatic rings. The van der Waals surface area contributed by atoms with Crippen molar-refractivity contribution >= 4 is 5.90 Å². The molecule has 0 saturated heterocycles. The molecule has 1 heterocycles. The summed E-state index contributed by atoms with van der Waals surface area (Å²) in [6.45, 7) is 8.51. The van der Waals surface area contributed by atoms with Gasteiger partial charge in [-0.15, -0.1) is 6.58 Å². The molecule has 3 nitrogen and oxygen atoms in total. The SMILES string of the molecule is C=CC[C@@H]1C=CC=C(C2=NC(C)(C)CO2)[C@H]1CC#N. The van der Waals surface area contributed by atoms with Crippen molar-refractivity contribution in [1.82, 2.24) is 0 Å². The normalized spacial score (nSPS) is 28.1. The van der Waals surface area contributed by atoms with E-state index < -0.39 is 0 Å². The highest BCUT2D eigenvalue weighted by atomic mass is 16.5. The van der Waals surface area contributed by atoms with Crippen LogP contribution in [0.1, 0.15) is 26.7 Å². The fourth-order valence-electron chi connectivity index (χ4n) is 2.55. The van der Waals surface area contributed by atoms with Gasteiger partial charge < -0.3 is 4.74 Å². The third kappa shape index (κ3) is 2.96. The van der Waals surface area contributed by atoms with E-state index in [0.29, 0.717) is 24.8 Å². The Hall–Kier alpha value is -1.82. The van der Waals surface area contributed by atoms with E-state index in [4.69, 9.17) is 10.00 Å². The highest BCUT2D eigenvalue weighted by Crippen LogP contribution is 2.35. The molecule has 2 atom stereocenters. The first-order chi connectivity index (χ1) is 9.07. The van der Waals surface area contributed by atoms with Crippen LogP contribution in [0.5, 0.6) is 0 Å². The minimum Gasteiger partial charge on any atom is -0.475 e. The zero-order valence-electron chi connectivity index (χ0n) is 11.6. The Labute approximate surface area is 115 Å². The Morgan fingerprint density at radius 1 is 1.63 bits per heavy atom. The van der Waals surface area contributed by atoms with Crippen LogP contribution in [-0.2, 0) is 4.74 Å². The van der Waals surface area contributed by atoms with Crippen LogP contribution >= 0.6 is 0 Å². The number of hydrogen-bond acceptors (Lipinski definition) is 3. The van der Waals surface area contributed by atoms with Crippen molar-refractivity contribution < 1.29 is 4.74 Å². The maximum absolute atomic E-state index is 9.06. The summed E-state index contributed by atoms with van der Waals surface area (Å²) in [6.07, 6.45) is 9.47. The van der Waals surface area contributed by atoms with Crippen LogP contribution < -0.4 is 0 Å². The van der Waals surface area contributed by atoms with Crippen molar-refractivity contribution in [1.29, 1.82) is 5.26 Å². The molecule has 0 amide bonds. The topological polar surface area (TPSA) is 45.4 Å². The smallest absolute Gasteiger partial charge is 0.212 e. The zero-order chi connectivity index (χ0) is 13.9. The highest BCUT2D eigenvalue weighted by molar-refractivity contribution is 5.96. The molecule has 0 N–H and O–H groups in total. The number of nitrogens with zero attached hydrogens (tertiary/aromatic N) is 2. The quantitative estimate of drug-likeness (QED) is 0.723. The van der Waals surface area contributed by atoms with E-state index in [-0.39, 0.29) is 11.5 Å². The van der Waals surface area contributed by atoms with Crippen LogP contribution in [0.15, 0.2) is 41.4 Å². The average molecular weight is 256 g/mol. The average Bonchev–Trinajstić information content (AvgIpc) is 2.72. The van der Waals surface area contributed by atoms with Gasteiger partial charge in [-0.05, 0) is 26.2 Å². The summed E-state index contributed by atoms with van der Waals surface area (Å²) in [7, 11) is 0. The molecule has 19 heavy (non-hydrogen) atoms. The van der Waals surface area contributed by atoms with Crippen LogP contribution in [-0.4, -0.2) is 18.0 Å². The van der Waals surface area contributed by atoms with Gasteiger partial charge in [-0.2, -0.15) is 5.26 Å². The summed E-state index contributed by atoms with van der Waals surface area (Å²) in [5, 5.41) is 9.06. The predicted octanol–water partition coefficient (Wildman–Crippen LogP) is 3.41. The minimum absolute atomic E-state index is 0.153. The fraction of sp³-hybridized carbons (Fsp3) is 0.500. The zero-order valence-corrected chi connectivity index (χ0v) is 11.6. The van der Waals surface area contributed by atoms with E-state index >= 15 is 0 Å². The molecule has 0 saturated carbocycles. The van der Waals surface area contributed by atoms with Crippen molar-refractivity contribution in [2.75, 3.05) is 6.61 Å². The molecule has 2 aliphatic rings. The van der Waals surface area contributed by atoms with Gasteiger partial charge in [0.25, 0.3) is 0 Å². The van der Waals surface area contributed by atoms with Crippen molar-refractivity contribution in [2.45, 2.75) is 32.2 Å². The third-order valence-electron chi connectivity index (χ3n) is 3.51. The molecule has 1 aliphatic carbocycles. The molecule has 0 fully saturated rings. The van der Waals surface area contributed by atoms with E-state index in [1.165, 1.54) is 0 Å². The van der Waals surface area contributed by atoms with Gasteiger partial charge in [0.1, 0.15) is 6.61 Å². The lowest BCUT2D eigenvalue weighted by Gasteiger charge is -2.26. The van der Waals surface area contributed by atoms with Crippen LogP contribution in [0, 0.1) is 23.2 Å². The molecule has 0 bridgehead atoms.